The molecule has 0 radical (unpaired) electrons. The van der Waals surface area contributed by atoms with Gasteiger partial charge in [0.2, 0.25) is 5.91 Å². The van der Waals surface area contributed by atoms with E-state index in [1.807, 2.05) is 72.0 Å². The smallest absolute Gasteiger partial charge is 0.246 e. The zero-order chi connectivity index (χ0) is 27.6. The Balaban J connectivity index is 1.21. The minimum atomic E-state index is -0.0332. The van der Waals surface area contributed by atoms with Crippen molar-refractivity contribution in [2.75, 3.05) is 36.4 Å². The number of aromatic nitrogens is 5. The largest absolute Gasteiger partial charge is 0.457 e. The highest BCUT2D eigenvalue weighted by molar-refractivity contribution is 5.88. The van der Waals surface area contributed by atoms with Crippen LogP contribution in [0.1, 0.15) is 12.0 Å². The van der Waals surface area contributed by atoms with Crippen molar-refractivity contribution in [1.29, 1.82) is 0 Å². The number of anilines is 3. The lowest BCUT2D eigenvalue weighted by molar-refractivity contribution is -0.125. The Kier molecular flexibility index (Phi) is 6.73. The van der Waals surface area contributed by atoms with E-state index in [9.17, 15) is 4.79 Å². The van der Waals surface area contributed by atoms with Crippen LogP contribution in [0.5, 0.6) is 11.5 Å². The summed E-state index contributed by atoms with van der Waals surface area (Å²) >= 11 is 0. The van der Waals surface area contributed by atoms with E-state index in [0.717, 1.165) is 58.1 Å². The molecule has 4 heterocycles. The second-order valence-corrected chi connectivity index (χ2v) is 9.84. The molecule has 1 fully saturated rings. The standard InChI is InChI=1S/C30H30N8O2/c1-4-28(39)38-13-5-12-37(14-15-38)27-11-8-23-29(35-27)30(32-18-31-23)34-21-6-10-26(20(2)16-21)40-22-7-9-25-24(17-22)33-19-36(25)3/h4,6-11,16-19H,1,5,12-15H2,2-3H3,(H,31,32,34). The predicted octanol–water partition coefficient (Wildman–Crippen LogP) is 4.98. The zero-order valence-corrected chi connectivity index (χ0v) is 22.5. The molecule has 1 amide bonds. The summed E-state index contributed by atoms with van der Waals surface area (Å²) in [5.41, 5.74) is 5.22. The maximum atomic E-state index is 12.1. The molecule has 1 aliphatic heterocycles. The molecule has 202 valence electrons. The Morgan fingerprint density at radius 2 is 1.90 bits per heavy atom. The van der Waals surface area contributed by atoms with E-state index in [1.54, 1.807) is 6.33 Å². The molecule has 1 saturated heterocycles. The number of nitrogens with one attached hydrogen (secondary N) is 1. The fourth-order valence-electron chi connectivity index (χ4n) is 4.98. The molecule has 0 spiro atoms. The molecule has 2 aromatic carbocycles. The van der Waals surface area contributed by atoms with Crippen molar-refractivity contribution in [2.24, 2.45) is 7.05 Å². The third kappa shape index (κ3) is 5.03. The van der Waals surface area contributed by atoms with Gasteiger partial charge in [0.1, 0.15) is 29.2 Å². The van der Waals surface area contributed by atoms with E-state index in [4.69, 9.17) is 9.72 Å². The zero-order valence-electron chi connectivity index (χ0n) is 22.5. The first-order valence-corrected chi connectivity index (χ1v) is 13.2. The summed E-state index contributed by atoms with van der Waals surface area (Å²) in [7, 11) is 1.97. The molecular formula is C30H30N8O2. The number of benzene rings is 2. The summed E-state index contributed by atoms with van der Waals surface area (Å²) in [6.07, 6.45) is 5.57. The van der Waals surface area contributed by atoms with Gasteiger partial charge in [-0.05, 0) is 67.4 Å². The Bertz CT molecular complexity index is 1730. The normalized spacial score (nSPS) is 13.8. The van der Waals surface area contributed by atoms with Crippen molar-refractivity contribution >= 4 is 45.3 Å². The van der Waals surface area contributed by atoms with Gasteiger partial charge < -0.3 is 24.4 Å². The van der Waals surface area contributed by atoms with Crippen LogP contribution in [0.3, 0.4) is 0 Å². The van der Waals surface area contributed by atoms with Crippen LogP contribution in [-0.4, -0.2) is 61.5 Å². The molecule has 10 heteroatoms. The minimum absolute atomic E-state index is 0.0332. The third-order valence-corrected chi connectivity index (χ3v) is 7.14. The average molecular weight is 535 g/mol. The van der Waals surface area contributed by atoms with Gasteiger partial charge in [0.05, 0.1) is 22.9 Å². The molecule has 1 N–H and O–H groups in total. The quantitative estimate of drug-likeness (QED) is 0.305. The van der Waals surface area contributed by atoms with E-state index in [1.165, 1.54) is 12.4 Å². The van der Waals surface area contributed by atoms with Crippen LogP contribution in [0.15, 0.2) is 73.8 Å². The first-order chi connectivity index (χ1) is 19.5. The van der Waals surface area contributed by atoms with E-state index >= 15 is 0 Å². The number of imidazole rings is 1. The lowest BCUT2D eigenvalue weighted by atomic mass is 10.2. The van der Waals surface area contributed by atoms with Crippen LogP contribution in [0.25, 0.3) is 22.1 Å². The van der Waals surface area contributed by atoms with Crippen LogP contribution < -0.4 is 15.0 Å². The van der Waals surface area contributed by atoms with Crippen molar-refractivity contribution in [3.63, 3.8) is 0 Å². The molecule has 5 aromatic rings. The van der Waals surface area contributed by atoms with Crippen molar-refractivity contribution in [3.05, 3.63) is 79.4 Å². The highest BCUT2D eigenvalue weighted by Crippen LogP contribution is 2.31. The van der Waals surface area contributed by atoms with Crippen LogP contribution in [0.4, 0.5) is 17.3 Å². The van der Waals surface area contributed by atoms with Gasteiger partial charge in [-0.2, -0.15) is 0 Å². The number of hydrogen-bond donors (Lipinski definition) is 1. The van der Waals surface area contributed by atoms with Gasteiger partial charge in [-0.3, -0.25) is 4.79 Å². The molecule has 0 bridgehead atoms. The number of fused-ring (bicyclic) bond motifs is 2. The fraction of sp³-hybridized carbons (Fsp3) is 0.233. The molecule has 1 aliphatic rings. The highest BCUT2D eigenvalue weighted by Gasteiger charge is 2.19. The Labute approximate surface area is 232 Å². The topological polar surface area (TPSA) is 101 Å². The number of rotatable bonds is 6. The molecule has 0 aliphatic carbocycles. The maximum Gasteiger partial charge on any atom is 0.246 e. The summed E-state index contributed by atoms with van der Waals surface area (Å²) in [6, 6.07) is 15.8. The van der Waals surface area contributed by atoms with Gasteiger partial charge >= 0.3 is 0 Å². The highest BCUT2D eigenvalue weighted by atomic mass is 16.5. The van der Waals surface area contributed by atoms with E-state index in [0.29, 0.717) is 31.0 Å². The number of amides is 1. The van der Waals surface area contributed by atoms with Crippen LogP contribution in [-0.2, 0) is 11.8 Å². The lowest BCUT2D eigenvalue weighted by Crippen LogP contribution is -2.34. The predicted molar refractivity (Wildman–Crippen MR) is 156 cm³/mol. The summed E-state index contributed by atoms with van der Waals surface area (Å²) in [5.74, 6) is 2.93. The van der Waals surface area contributed by atoms with Gasteiger partial charge in [0, 0.05) is 45.0 Å². The molecule has 10 nitrogen and oxygen atoms in total. The maximum absolute atomic E-state index is 12.1. The summed E-state index contributed by atoms with van der Waals surface area (Å²) in [5, 5.41) is 3.41. The van der Waals surface area contributed by atoms with E-state index < -0.39 is 0 Å². The van der Waals surface area contributed by atoms with Crippen LogP contribution in [0, 0.1) is 6.92 Å². The van der Waals surface area contributed by atoms with Gasteiger partial charge in [-0.1, -0.05) is 6.58 Å². The van der Waals surface area contributed by atoms with E-state index in [-0.39, 0.29) is 5.91 Å². The van der Waals surface area contributed by atoms with Crippen LogP contribution in [0.2, 0.25) is 0 Å². The van der Waals surface area contributed by atoms with Crippen molar-refractivity contribution in [3.8, 4) is 11.5 Å². The second kappa shape index (κ2) is 10.6. The molecular weight excluding hydrogens is 504 g/mol. The summed E-state index contributed by atoms with van der Waals surface area (Å²) in [6.45, 7) is 8.47. The van der Waals surface area contributed by atoms with E-state index in [2.05, 4.69) is 31.7 Å². The average Bonchev–Trinajstić information content (AvgIpc) is 3.16. The molecule has 6 rings (SSSR count). The molecule has 0 atom stereocenters. The van der Waals surface area contributed by atoms with Gasteiger partial charge in [-0.15, -0.1) is 0 Å². The number of carbonyl (C=O) groups is 1. The molecule has 0 unspecified atom stereocenters. The fourth-order valence-corrected chi connectivity index (χ4v) is 4.98. The van der Waals surface area contributed by atoms with Gasteiger partial charge in [0.15, 0.2) is 5.82 Å². The molecule has 0 saturated carbocycles. The van der Waals surface area contributed by atoms with Gasteiger partial charge in [0.25, 0.3) is 0 Å². The lowest BCUT2D eigenvalue weighted by Gasteiger charge is -2.22. The third-order valence-electron chi connectivity index (χ3n) is 7.14. The number of carbonyl (C=O) groups excluding carboxylic acids is 1. The Hall–Kier alpha value is -4.99. The first kappa shape index (κ1) is 25.3. The first-order valence-electron chi connectivity index (χ1n) is 13.2. The monoisotopic (exact) mass is 534 g/mol. The van der Waals surface area contributed by atoms with Crippen molar-refractivity contribution < 1.29 is 9.53 Å². The summed E-state index contributed by atoms with van der Waals surface area (Å²) in [4.78, 5) is 34.4. The number of aryl methyl sites for hydroxylation is 2. The number of ether oxygens (including phenoxy) is 1. The Morgan fingerprint density at radius 3 is 2.75 bits per heavy atom. The SMILES string of the molecule is C=CC(=O)N1CCCN(c2ccc3ncnc(Nc4ccc(Oc5ccc6c(c5)ncn6C)c(C)c4)c3n2)CC1. The molecule has 3 aromatic heterocycles. The van der Waals surface area contributed by atoms with Crippen molar-refractivity contribution in [2.45, 2.75) is 13.3 Å². The molecule has 40 heavy (non-hydrogen) atoms. The van der Waals surface area contributed by atoms with Gasteiger partial charge in [-0.25, -0.2) is 19.9 Å². The Morgan fingerprint density at radius 1 is 1.00 bits per heavy atom. The minimum Gasteiger partial charge on any atom is -0.457 e. The second-order valence-electron chi connectivity index (χ2n) is 9.84. The van der Waals surface area contributed by atoms with Crippen molar-refractivity contribution in [1.82, 2.24) is 29.4 Å². The van der Waals surface area contributed by atoms with Crippen LogP contribution >= 0.6 is 0 Å². The summed E-state index contributed by atoms with van der Waals surface area (Å²) < 4.78 is 8.15. The number of hydrogen-bond acceptors (Lipinski definition) is 8. The number of nitrogens with zero attached hydrogens (tertiary/aromatic N) is 7. The number of pyridine rings is 1.